The van der Waals surface area contributed by atoms with Crippen molar-refractivity contribution in [2.45, 2.75) is 18.8 Å². The van der Waals surface area contributed by atoms with Crippen molar-refractivity contribution < 1.29 is 22.7 Å². The van der Waals surface area contributed by atoms with Crippen molar-refractivity contribution in [1.29, 1.82) is 5.26 Å². The average Bonchev–Trinajstić information content (AvgIpc) is 2.45. The lowest BCUT2D eigenvalue weighted by Crippen LogP contribution is -2.46. The van der Waals surface area contributed by atoms with Crippen LogP contribution in [0.25, 0.3) is 0 Å². The molecule has 1 heterocycles. The highest BCUT2D eigenvalue weighted by atomic mass is 32.2. The number of nitriles is 1. The standard InChI is InChI=1S/C14H13F3N2O2S/c15-14(16,17)21-12-3-1-2-10(6-12)7-13(20)19-4-5-22-9-11(19)8-18/h1-3,6,11H,4-5,7,9H2/t11-/m0/s1. The molecule has 4 nitrogen and oxygen atoms in total. The number of halogens is 3. The monoisotopic (exact) mass is 330 g/mol. The van der Waals surface area contributed by atoms with Crippen molar-refractivity contribution in [3.63, 3.8) is 0 Å². The maximum Gasteiger partial charge on any atom is 0.573 e. The summed E-state index contributed by atoms with van der Waals surface area (Å²) in [4.78, 5) is 13.7. The fraction of sp³-hybridized carbons (Fsp3) is 0.429. The van der Waals surface area contributed by atoms with Gasteiger partial charge in [0.25, 0.3) is 0 Å². The summed E-state index contributed by atoms with van der Waals surface area (Å²) in [5.74, 6) is 0.681. The van der Waals surface area contributed by atoms with E-state index >= 15 is 0 Å². The van der Waals surface area contributed by atoms with Crippen LogP contribution < -0.4 is 4.74 Å². The van der Waals surface area contributed by atoms with Gasteiger partial charge in [0.15, 0.2) is 0 Å². The smallest absolute Gasteiger partial charge is 0.406 e. The molecule has 0 radical (unpaired) electrons. The van der Waals surface area contributed by atoms with Crippen LogP contribution in [-0.4, -0.2) is 41.3 Å². The van der Waals surface area contributed by atoms with Gasteiger partial charge in [-0.25, -0.2) is 0 Å². The van der Waals surface area contributed by atoms with E-state index in [1.54, 1.807) is 17.8 Å². The van der Waals surface area contributed by atoms with Crippen molar-refractivity contribution >= 4 is 17.7 Å². The molecule has 0 aliphatic carbocycles. The molecule has 1 aliphatic heterocycles. The van der Waals surface area contributed by atoms with E-state index in [4.69, 9.17) is 5.26 Å². The maximum atomic E-state index is 12.2. The van der Waals surface area contributed by atoms with Crippen LogP contribution in [-0.2, 0) is 11.2 Å². The lowest BCUT2D eigenvalue weighted by atomic mass is 10.1. The number of carbonyl (C=O) groups excluding carboxylic acids is 1. The minimum absolute atomic E-state index is 0.0576. The summed E-state index contributed by atoms with van der Waals surface area (Å²) < 4.78 is 40.4. The Labute approximate surface area is 129 Å². The SMILES string of the molecule is N#C[C@H]1CSCCN1C(=O)Cc1cccc(OC(F)(F)F)c1. The molecule has 0 N–H and O–H groups in total. The second-order valence-electron chi connectivity index (χ2n) is 4.68. The van der Waals surface area contributed by atoms with Crippen molar-refractivity contribution in [3.05, 3.63) is 29.8 Å². The Hall–Kier alpha value is -1.88. The largest absolute Gasteiger partial charge is 0.573 e. The summed E-state index contributed by atoms with van der Waals surface area (Å²) in [5, 5.41) is 9.05. The second-order valence-corrected chi connectivity index (χ2v) is 5.83. The number of hydrogen-bond acceptors (Lipinski definition) is 4. The van der Waals surface area contributed by atoms with E-state index in [2.05, 4.69) is 10.8 Å². The summed E-state index contributed by atoms with van der Waals surface area (Å²) in [5.41, 5.74) is 0.418. The van der Waals surface area contributed by atoms with Crippen LogP contribution in [0, 0.1) is 11.3 Å². The Morgan fingerprint density at radius 3 is 2.95 bits per heavy atom. The number of thioether (sulfide) groups is 1. The van der Waals surface area contributed by atoms with Gasteiger partial charge in [-0.2, -0.15) is 17.0 Å². The number of benzene rings is 1. The molecular weight excluding hydrogens is 317 g/mol. The van der Waals surface area contributed by atoms with Gasteiger partial charge in [0.05, 0.1) is 12.5 Å². The van der Waals surface area contributed by atoms with E-state index in [9.17, 15) is 18.0 Å². The highest BCUT2D eigenvalue weighted by Crippen LogP contribution is 2.24. The first kappa shape index (κ1) is 16.5. The number of hydrogen-bond donors (Lipinski definition) is 0. The van der Waals surface area contributed by atoms with Crippen LogP contribution in [0.3, 0.4) is 0 Å². The quantitative estimate of drug-likeness (QED) is 0.855. The van der Waals surface area contributed by atoms with Crippen LogP contribution in [0.4, 0.5) is 13.2 Å². The predicted octanol–water partition coefficient (Wildman–Crippen LogP) is 2.60. The fourth-order valence-electron chi connectivity index (χ4n) is 2.14. The minimum Gasteiger partial charge on any atom is -0.406 e. The Morgan fingerprint density at radius 1 is 1.50 bits per heavy atom. The molecule has 0 unspecified atom stereocenters. The van der Waals surface area contributed by atoms with Gasteiger partial charge in [-0.3, -0.25) is 4.79 Å². The van der Waals surface area contributed by atoms with Gasteiger partial charge in [-0.15, -0.1) is 13.2 Å². The topological polar surface area (TPSA) is 53.3 Å². The van der Waals surface area contributed by atoms with Gasteiger partial charge >= 0.3 is 6.36 Å². The molecule has 8 heteroatoms. The molecule has 0 spiro atoms. The molecule has 0 bridgehead atoms. The van der Waals surface area contributed by atoms with E-state index in [0.29, 0.717) is 17.9 Å². The van der Waals surface area contributed by atoms with Crippen LogP contribution in [0.2, 0.25) is 0 Å². The van der Waals surface area contributed by atoms with E-state index in [0.717, 1.165) is 5.75 Å². The van der Waals surface area contributed by atoms with E-state index in [1.807, 2.05) is 0 Å². The molecule has 118 valence electrons. The molecular formula is C14H13F3N2O2S. The molecule has 2 rings (SSSR count). The molecule has 0 aromatic heterocycles. The summed E-state index contributed by atoms with van der Waals surface area (Å²) in [6, 6.07) is 6.91. The maximum absolute atomic E-state index is 12.2. The van der Waals surface area contributed by atoms with E-state index < -0.39 is 12.4 Å². The highest BCUT2D eigenvalue weighted by Gasteiger charge is 2.31. The molecule has 1 aromatic carbocycles. The molecule has 1 aromatic rings. The molecule has 1 aliphatic rings. The number of ether oxygens (including phenoxy) is 1. The van der Waals surface area contributed by atoms with Crippen LogP contribution in [0.1, 0.15) is 5.56 Å². The summed E-state index contributed by atoms with van der Waals surface area (Å²) in [6.07, 6.45) is -4.82. The van der Waals surface area contributed by atoms with Gasteiger partial charge < -0.3 is 9.64 Å². The Morgan fingerprint density at radius 2 is 2.27 bits per heavy atom. The zero-order chi connectivity index (χ0) is 16.2. The number of alkyl halides is 3. The van der Waals surface area contributed by atoms with Crippen molar-refractivity contribution in [2.24, 2.45) is 0 Å². The summed E-state index contributed by atoms with van der Waals surface area (Å²) in [6.45, 7) is 0.473. The number of amides is 1. The Bertz CT molecular complexity index is 586. The molecule has 1 amide bonds. The third-order valence-electron chi connectivity index (χ3n) is 3.09. The van der Waals surface area contributed by atoms with Crippen LogP contribution in [0.15, 0.2) is 24.3 Å². The third-order valence-corrected chi connectivity index (χ3v) is 4.11. The Balaban J connectivity index is 2.05. The Kier molecular flexibility index (Phi) is 5.19. The van der Waals surface area contributed by atoms with Gasteiger partial charge in [0.2, 0.25) is 5.91 Å². The third kappa shape index (κ3) is 4.56. The first-order chi connectivity index (χ1) is 10.4. The van der Waals surface area contributed by atoms with Gasteiger partial charge in [-0.1, -0.05) is 12.1 Å². The second kappa shape index (κ2) is 6.92. The number of carbonyl (C=O) groups is 1. The van der Waals surface area contributed by atoms with Crippen molar-refractivity contribution in [2.75, 3.05) is 18.1 Å². The summed E-state index contributed by atoms with van der Waals surface area (Å²) >= 11 is 1.60. The minimum atomic E-state index is -4.77. The molecule has 22 heavy (non-hydrogen) atoms. The van der Waals surface area contributed by atoms with Crippen molar-refractivity contribution in [1.82, 2.24) is 4.90 Å². The van der Waals surface area contributed by atoms with Gasteiger partial charge in [0, 0.05) is 18.1 Å². The van der Waals surface area contributed by atoms with Crippen molar-refractivity contribution in [3.8, 4) is 11.8 Å². The van der Waals surface area contributed by atoms with Crippen LogP contribution >= 0.6 is 11.8 Å². The lowest BCUT2D eigenvalue weighted by Gasteiger charge is -2.31. The molecule has 1 fully saturated rings. The number of nitrogens with zero attached hydrogens (tertiary/aromatic N) is 2. The van der Waals surface area contributed by atoms with E-state index in [1.165, 1.54) is 23.1 Å². The molecule has 0 saturated carbocycles. The summed E-state index contributed by atoms with van der Waals surface area (Å²) in [7, 11) is 0. The first-order valence-electron chi connectivity index (χ1n) is 6.50. The normalized spacial score (nSPS) is 18.6. The van der Waals surface area contributed by atoms with Gasteiger partial charge in [-0.05, 0) is 17.7 Å². The van der Waals surface area contributed by atoms with Gasteiger partial charge in [0.1, 0.15) is 11.8 Å². The zero-order valence-corrected chi connectivity index (χ0v) is 12.3. The highest BCUT2D eigenvalue weighted by molar-refractivity contribution is 7.99. The first-order valence-corrected chi connectivity index (χ1v) is 7.66. The van der Waals surface area contributed by atoms with E-state index in [-0.39, 0.29) is 18.1 Å². The zero-order valence-electron chi connectivity index (χ0n) is 11.5. The number of rotatable bonds is 3. The molecule has 1 atom stereocenters. The lowest BCUT2D eigenvalue weighted by molar-refractivity contribution is -0.274. The predicted molar refractivity (Wildman–Crippen MR) is 75.3 cm³/mol. The van der Waals surface area contributed by atoms with Crippen LogP contribution in [0.5, 0.6) is 5.75 Å². The molecule has 1 saturated heterocycles. The fourth-order valence-corrected chi connectivity index (χ4v) is 3.11. The average molecular weight is 330 g/mol.